The molecule has 0 saturated carbocycles. The SMILES string of the molecule is CC(C)(C)c1c(Cl)csc1Cl. The van der Waals surface area contributed by atoms with Gasteiger partial charge in [-0.2, -0.15) is 0 Å². The van der Waals surface area contributed by atoms with Gasteiger partial charge in [0.2, 0.25) is 0 Å². The van der Waals surface area contributed by atoms with Crippen molar-refractivity contribution in [2.45, 2.75) is 26.2 Å². The summed E-state index contributed by atoms with van der Waals surface area (Å²) in [5.41, 5.74) is 1.11. The Morgan fingerprint density at radius 2 is 1.82 bits per heavy atom. The molecule has 0 N–H and O–H groups in total. The quantitative estimate of drug-likeness (QED) is 0.595. The summed E-state index contributed by atoms with van der Waals surface area (Å²) >= 11 is 13.4. The van der Waals surface area contributed by atoms with Crippen LogP contribution < -0.4 is 0 Å². The van der Waals surface area contributed by atoms with Gasteiger partial charge >= 0.3 is 0 Å². The van der Waals surface area contributed by atoms with Crippen molar-refractivity contribution < 1.29 is 0 Å². The molecule has 0 aliphatic heterocycles. The molecule has 0 spiro atoms. The van der Waals surface area contributed by atoms with Gasteiger partial charge in [-0.05, 0) is 5.41 Å². The van der Waals surface area contributed by atoms with Gasteiger partial charge in [-0.1, -0.05) is 44.0 Å². The van der Waals surface area contributed by atoms with Crippen molar-refractivity contribution >= 4 is 34.5 Å². The summed E-state index contributed by atoms with van der Waals surface area (Å²) in [6.07, 6.45) is 0. The Balaban J connectivity index is 3.21. The zero-order valence-electron chi connectivity index (χ0n) is 6.74. The lowest BCUT2D eigenvalue weighted by molar-refractivity contribution is 0.593. The Kier molecular flexibility index (Phi) is 2.53. The Labute approximate surface area is 81.1 Å². The summed E-state index contributed by atoms with van der Waals surface area (Å²) in [6, 6.07) is 0. The van der Waals surface area contributed by atoms with Crippen LogP contribution in [0.4, 0.5) is 0 Å². The number of rotatable bonds is 0. The average Bonchev–Trinajstić information content (AvgIpc) is 2.08. The molecule has 0 saturated heterocycles. The lowest BCUT2D eigenvalue weighted by atomic mass is 9.89. The number of hydrogen-bond acceptors (Lipinski definition) is 1. The molecule has 1 aromatic rings. The first kappa shape index (κ1) is 9.37. The van der Waals surface area contributed by atoms with Gasteiger partial charge in [0, 0.05) is 10.9 Å². The molecule has 0 atom stereocenters. The molecule has 62 valence electrons. The Bertz CT molecular complexity index is 238. The fourth-order valence-electron chi connectivity index (χ4n) is 0.968. The molecule has 0 bridgehead atoms. The van der Waals surface area contributed by atoms with Crippen LogP contribution in [0.5, 0.6) is 0 Å². The van der Waals surface area contributed by atoms with Crippen LogP contribution >= 0.6 is 34.5 Å². The van der Waals surface area contributed by atoms with E-state index in [1.807, 2.05) is 5.38 Å². The van der Waals surface area contributed by atoms with E-state index in [-0.39, 0.29) is 5.41 Å². The van der Waals surface area contributed by atoms with Crippen molar-refractivity contribution in [3.05, 3.63) is 20.3 Å². The number of halogens is 2. The predicted octanol–water partition coefficient (Wildman–Crippen LogP) is 4.35. The minimum atomic E-state index is 0.0498. The van der Waals surface area contributed by atoms with Crippen LogP contribution in [0.15, 0.2) is 5.38 Å². The molecule has 0 aromatic carbocycles. The van der Waals surface area contributed by atoms with E-state index >= 15 is 0 Å². The molecule has 0 radical (unpaired) electrons. The Morgan fingerprint density at radius 3 is 2.00 bits per heavy atom. The standard InChI is InChI=1S/C8H10Cl2S/c1-8(2,3)6-5(9)4-11-7(6)10/h4H,1-3H3. The maximum Gasteiger partial charge on any atom is 0.0981 e. The molecule has 0 nitrogen and oxygen atoms in total. The van der Waals surface area contributed by atoms with E-state index in [1.165, 1.54) is 11.3 Å². The van der Waals surface area contributed by atoms with Crippen LogP contribution in [0.25, 0.3) is 0 Å². The van der Waals surface area contributed by atoms with Crippen LogP contribution in [0.3, 0.4) is 0 Å². The molecule has 1 rings (SSSR count). The van der Waals surface area contributed by atoms with E-state index in [0.717, 1.165) is 14.9 Å². The first-order valence-electron chi connectivity index (χ1n) is 3.36. The summed E-state index contributed by atoms with van der Waals surface area (Å²) in [6.45, 7) is 6.31. The molecule has 1 heterocycles. The van der Waals surface area contributed by atoms with Crippen molar-refractivity contribution in [3.63, 3.8) is 0 Å². The molecule has 11 heavy (non-hydrogen) atoms. The third-order valence-electron chi connectivity index (χ3n) is 1.45. The van der Waals surface area contributed by atoms with Gasteiger partial charge in [-0.25, -0.2) is 0 Å². The van der Waals surface area contributed by atoms with E-state index in [0.29, 0.717) is 0 Å². The van der Waals surface area contributed by atoms with Crippen molar-refractivity contribution in [1.82, 2.24) is 0 Å². The average molecular weight is 209 g/mol. The molecule has 0 fully saturated rings. The van der Waals surface area contributed by atoms with Crippen LogP contribution in [-0.4, -0.2) is 0 Å². The zero-order valence-corrected chi connectivity index (χ0v) is 9.07. The first-order chi connectivity index (χ1) is 4.93. The second kappa shape index (κ2) is 2.96. The second-order valence-electron chi connectivity index (χ2n) is 3.48. The number of thiophene rings is 1. The van der Waals surface area contributed by atoms with Gasteiger partial charge in [-0.15, -0.1) is 11.3 Å². The number of hydrogen-bond donors (Lipinski definition) is 0. The highest BCUT2D eigenvalue weighted by atomic mass is 35.5. The van der Waals surface area contributed by atoms with E-state index in [1.54, 1.807) is 0 Å². The highest BCUT2D eigenvalue weighted by molar-refractivity contribution is 7.15. The monoisotopic (exact) mass is 208 g/mol. The van der Waals surface area contributed by atoms with Crippen LogP contribution in [-0.2, 0) is 5.41 Å². The van der Waals surface area contributed by atoms with E-state index in [4.69, 9.17) is 23.2 Å². The fourth-order valence-corrected chi connectivity index (χ4v) is 2.96. The van der Waals surface area contributed by atoms with Crippen LogP contribution in [0.2, 0.25) is 9.36 Å². The normalized spacial score (nSPS) is 12.1. The Morgan fingerprint density at radius 1 is 1.27 bits per heavy atom. The molecular formula is C8H10Cl2S. The molecule has 0 aliphatic carbocycles. The van der Waals surface area contributed by atoms with E-state index in [9.17, 15) is 0 Å². The van der Waals surface area contributed by atoms with Gasteiger partial charge < -0.3 is 0 Å². The largest absolute Gasteiger partial charge is 0.130 e. The highest BCUT2D eigenvalue weighted by Crippen LogP contribution is 2.39. The third-order valence-corrected chi connectivity index (χ3v) is 3.10. The second-order valence-corrected chi connectivity index (χ2v) is 5.37. The Hall–Kier alpha value is 0.280. The molecule has 0 aliphatic rings. The topological polar surface area (TPSA) is 0 Å². The predicted molar refractivity (Wildman–Crippen MR) is 53.0 cm³/mol. The summed E-state index contributed by atoms with van der Waals surface area (Å²) in [7, 11) is 0. The minimum Gasteiger partial charge on any atom is -0.130 e. The van der Waals surface area contributed by atoms with Gasteiger partial charge in [0.25, 0.3) is 0 Å². The van der Waals surface area contributed by atoms with E-state index in [2.05, 4.69) is 20.8 Å². The van der Waals surface area contributed by atoms with Gasteiger partial charge in [0.15, 0.2) is 0 Å². The van der Waals surface area contributed by atoms with Gasteiger partial charge in [0.05, 0.1) is 9.36 Å². The smallest absolute Gasteiger partial charge is 0.0981 e. The van der Waals surface area contributed by atoms with Gasteiger partial charge in [0.1, 0.15) is 0 Å². The maximum atomic E-state index is 5.96. The van der Waals surface area contributed by atoms with Crippen molar-refractivity contribution in [1.29, 1.82) is 0 Å². The minimum absolute atomic E-state index is 0.0498. The highest BCUT2D eigenvalue weighted by Gasteiger charge is 2.21. The molecule has 0 unspecified atom stereocenters. The first-order valence-corrected chi connectivity index (χ1v) is 4.99. The summed E-state index contributed by atoms with van der Waals surface area (Å²) in [5, 5.41) is 2.66. The molecule has 0 amide bonds. The van der Waals surface area contributed by atoms with Crippen molar-refractivity contribution in [2.75, 3.05) is 0 Å². The lowest BCUT2D eigenvalue weighted by Crippen LogP contribution is -2.10. The molecular weight excluding hydrogens is 199 g/mol. The summed E-state index contributed by atoms with van der Waals surface area (Å²) < 4.78 is 0.808. The lowest BCUT2D eigenvalue weighted by Gasteiger charge is -2.18. The molecule has 1 aromatic heterocycles. The van der Waals surface area contributed by atoms with Crippen molar-refractivity contribution in [3.8, 4) is 0 Å². The summed E-state index contributed by atoms with van der Waals surface area (Å²) in [5.74, 6) is 0. The fraction of sp³-hybridized carbons (Fsp3) is 0.500. The van der Waals surface area contributed by atoms with Crippen LogP contribution in [0.1, 0.15) is 26.3 Å². The van der Waals surface area contributed by atoms with Gasteiger partial charge in [-0.3, -0.25) is 0 Å². The van der Waals surface area contributed by atoms with E-state index < -0.39 is 0 Å². The van der Waals surface area contributed by atoms with Crippen LogP contribution in [0, 0.1) is 0 Å². The van der Waals surface area contributed by atoms with Crippen molar-refractivity contribution in [2.24, 2.45) is 0 Å². The third kappa shape index (κ3) is 1.90. The molecule has 3 heteroatoms. The summed E-state index contributed by atoms with van der Waals surface area (Å²) in [4.78, 5) is 0. The zero-order chi connectivity index (χ0) is 8.65. The maximum absolute atomic E-state index is 5.96.